The first-order chi connectivity index (χ1) is 12.2. The van der Waals surface area contributed by atoms with Crippen LogP contribution < -0.4 is 0 Å². The Morgan fingerprint density at radius 3 is 2.48 bits per heavy atom. The molecule has 1 aliphatic heterocycles. The summed E-state index contributed by atoms with van der Waals surface area (Å²) in [5, 5.41) is 8.86. The Labute approximate surface area is 155 Å². The van der Waals surface area contributed by atoms with Crippen LogP contribution in [0.15, 0.2) is 77.2 Å². The zero-order chi connectivity index (χ0) is 17.2. The van der Waals surface area contributed by atoms with E-state index in [1.807, 2.05) is 72.1 Å². The number of carbonyl (C=O) groups is 1. The lowest BCUT2D eigenvalue weighted by Crippen LogP contribution is -2.26. The van der Waals surface area contributed by atoms with Gasteiger partial charge in [0.05, 0.1) is 16.6 Å². The smallest absolute Gasteiger partial charge is 0.266 e. The largest absolute Gasteiger partial charge is 0.284 e. The van der Waals surface area contributed by atoms with Crippen LogP contribution in [0.25, 0.3) is 0 Å². The standard InChI is InChI=1S/C20H15ClN2OS/c21-16-10-8-15(9-11-16)18-13-17(14-5-2-1-3-6-14)22-23(18)20(24)19-7-4-12-25-19/h1-12,18H,13H2. The first kappa shape index (κ1) is 16.1. The first-order valence-corrected chi connectivity index (χ1v) is 9.23. The molecule has 3 nitrogen and oxygen atoms in total. The topological polar surface area (TPSA) is 32.7 Å². The second kappa shape index (κ2) is 6.82. The van der Waals surface area contributed by atoms with Crippen LogP contribution in [0.4, 0.5) is 0 Å². The van der Waals surface area contributed by atoms with E-state index in [1.165, 1.54) is 11.3 Å². The molecule has 1 amide bonds. The molecule has 2 heterocycles. The average molecular weight is 367 g/mol. The van der Waals surface area contributed by atoms with E-state index in [2.05, 4.69) is 5.10 Å². The molecule has 1 unspecified atom stereocenters. The molecule has 0 aliphatic carbocycles. The van der Waals surface area contributed by atoms with Gasteiger partial charge in [0.25, 0.3) is 5.91 Å². The lowest BCUT2D eigenvalue weighted by Gasteiger charge is -2.21. The fourth-order valence-corrected chi connectivity index (χ4v) is 3.74. The van der Waals surface area contributed by atoms with E-state index in [9.17, 15) is 4.79 Å². The van der Waals surface area contributed by atoms with Crippen molar-refractivity contribution in [3.8, 4) is 0 Å². The second-order valence-corrected chi connectivity index (χ2v) is 7.20. The zero-order valence-electron chi connectivity index (χ0n) is 13.3. The number of carbonyl (C=O) groups excluding carboxylic acids is 1. The van der Waals surface area contributed by atoms with Gasteiger partial charge in [-0.05, 0) is 34.7 Å². The molecule has 1 aliphatic rings. The highest BCUT2D eigenvalue weighted by molar-refractivity contribution is 7.12. The number of thiophene rings is 1. The van der Waals surface area contributed by atoms with Crippen LogP contribution >= 0.6 is 22.9 Å². The molecule has 1 atom stereocenters. The van der Waals surface area contributed by atoms with Crippen LogP contribution in [0.5, 0.6) is 0 Å². The first-order valence-electron chi connectivity index (χ1n) is 7.98. The van der Waals surface area contributed by atoms with Crippen molar-refractivity contribution in [1.82, 2.24) is 5.01 Å². The Balaban J connectivity index is 1.72. The molecule has 0 spiro atoms. The van der Waals surface area contributed by atoms with Gasteiger partial charge in [0.1, 0.15) is 0 Å². The highest BCUT2D eigenvalue weighted by Crippen LogP contribution is 2.34. The lowest BCUT2D eigenvalue weighted by atomic mass is 9.98. The fourth-order valence-electron chi connectivity index (χ4n) is 2.96. The van der Waals surface area contributed by atoms with Gasteiger partial charge in [-0.1, -0.05) is 60.1 Å². The molecule has 5 heteroatoms. The molecule has 25 heavy (non-hydrogen) atoms. The Hall–Kier alpha value is -2.43. The molecular weight excluding hydrogens is 352 g/mol. The van der Waals surface area contributed by atoms with E-state index in [4.69, 9.17) is 11.6 Å². The Morgan fingerprint density at radius 1 is 1.04 bits per heavy atom. The maximum Gasteiger partial charge on any atom is 0.284 e. The number of halogens is 1. The summed E-state index contributed by atoms with van der Waals surface area (Å²) in [4.78, 5) is 13.6. The van der Waals surface area contributed by atoms with E-state index in [-0.39, 0.29) is 11.9 Å². The minimum Gasteiger partial charge on any atom is -0.266 e. The minimum absolute atomic E-state index is 0.0686. The maximum atomic E-state index is 12.9. The molecule has 0 fully saturated rings. The summed E-state index contributed by atoms with van der Waals surface area (Å²) >= 11 is 7.45. The summed E-state index contributed by atoms with van der Waals surface area (Å²) in [6.45, 7) is 0. The predicted molar refractivity (Wildman–Crippen MR) is 102 cm³/mol. The molecule has 124 valence electrons. The Morgan fingerprint density at radius 2 is 1.80 bits per heavy atom. The van der Waals surface area contributed by atoms with Crippen molar-refractivity contribution in [1.29, 1.82) is 0 Å². The van der Waals surface area contributed by atoms with Gasteiger partial charge in [0, 0.05) is 11.4 Å². The Bertz CT molecular complexity index is 905. The van der Waals surface area contributed by atoms with Gasteiger partial charge in [-0.2, -0.15) is 5.10 Å². The molecule has 0 N–H and O–H groups in total. The van der Waals surface area contributed by atoms with Crippen molar-refractivity contribution in [3.63, 3.8) is 0 Å². The van der Waals surface area contributed by atoms with Crippen LogP contribution in [0, 0.1) is 0 Å². The van der Waals surface area contributed by atoms with E-state index in [0.717, 1.165) is 16.8 Å². The number of rotatable bonds is 3. The fraction of sp³-hybridized carbons (Fsp3) is 0.100. The van der Waals surface area contributed by atoms with Crippen LogP contribution in [-0.4, -0.2) is 16.6 Å². The summed E-state index contributed by atoms with van der Waals surface area (Å²) in [7, 11) is 0. The van der Waals surface area contributed by atoms with Gasteiger partial charge < -0.3 is 0 Å². The van der Waals surface area contributed by atoms with Crippen LogP contribution in [-0.2, 0) is 0 Å². The van der Waals surface area contributed by atoms with E-state index in [0.29, 0.717) is 16.3 Å². The van der Waals surface area contributed by atoms with E-state index >= 15 is 0 Å². The van der Waals surface area contributed by atoms with Crippen molar-refractivity contribution in [2.75, 3.05) is 0 Å². The van der Waals surface area contributed by atoms with Crippen molar-refractivity contribution < 1.29 is 4.79 Å². The van der Waals surface area contributed by atoms with Crippen LogP contribution in [0.1, 0.15) is 33.3 Å². The highest BCUT2D eigenvalue weighted by Gasteiger charge is 2.33. The number of nitrogens with zero attached hydrogens (tertiary/aromatic N) is 2. The lowest BCUT2D eigenvalue weighted by molar-refractivity contribution is 0.0716. The van der Waals surface area contributed by atoms with Crippen molar-refractivity contribution in [2.45, 2.75) is 12.5 Å². The van der Waals surface area contributed by atoms with Crippen molar-refractivity contribution in [3.05, 3.63) is 93.1 Å². The van der Waals surface area contributed by atoms with Gasteiger partial charge >= 0.3 is 0 Å². The summed E-state index contributed by atoms with van der Waals surface area (Å²) in [5.74, 6) is -0.0686. The van der Waals surface area contributed by atoms with Crippen LogP contribution in [0.2, 0.25) is 5.02 Å². The van der Waals surface area contributed by atoms with Gasteiger partial charge in [0.2, 0.25) is 0 Å². The Kier molecular flexibility index (Phi) is 4.38. The molecular formula is C20H15ClN2OS. The minimum atomic E-state index is -0.123. The molecule has 4 rings (SSSR count). The molecule has 0 radical (unpaired) electrons. The summed E-state index contributed by atoms with van der Waals surface area (Å²) in [5.41, 5.74) is 3.00. The molecule has 0 saturated heterocycles. The van der Waals surface area contributed by atoms with Crippen molar-refractivity contribution >= 4 is 34.6 Å². The van der Waals surface area contributed by atoms with Crippen LogP contribution in [0.3, 0.4) is 0 Å². The number of hydrogen-bond donors (Lipinski definition) is 0. The quantitative estimate of drug-likeness (QED) is 0.611. The molecule has 0 bridgehead atoms. The van der Waals surface area contributed by atoms with Gasteiger partial charge in [-0.15, -0.1) is 11.3 Å². The van der Waals surface area contributed by atoms with Gasteiger partial charge in [-0.25, -0.2) is 5.01 Å². The molecule has 0 saturated carbocycles. The molecule has 1 aromatic heterocycles. The van der Waals surface area contributed by atoms with Gasteiger partial charge in [-0.3, -0.25) is 4.79 Å². The number of hydrazone groups is 1. The van der Waals surface area contributed by atoms with E-state index < -0.39 is 0 Å². The predicted octanol–water partition coefficient (Wildman–Crippen LogP) is 5.39. The molecule has 3 aromatic rings. The summed E-state index contributed by atoms with van der Waals surface area (Å²) in [6, 6.07) is 21.2. The maximum absolute atomic E-state index is 12.9. The third kappa shape index (κ3) is 3.23. The average Bonchev–Trinajstić information content (AvgIpc) is 3.33. The number of hydrogen-bond acceptors (Lipinski definition) is 3. The third-order valence-corrected chi connectivity index (χ3v) is 5.32. The van der Waals surface area contributed by atoms with Gasteiger partial charge in [0.15, 0.2) is 0 Å². The summed E-state index contributed by atoms with van der Waals surface area (Å²) < 4.78 is 0. The summed E-state index contributed by atoms with van der Waals surface area (Å²) in [6.07, 6.45) is 0.683. The number of amides is 1. The second-order valence-electron chi connectivity index (χ2n) is 5.81. The molecule has 2 aromatic carbocycles. The monoisotopic (exact) mass is 366 g/mol. The van der Waals surface area contributed by atoms with E-state index in [1.54, 1.807) is 5.01 Å². The zero-order valence-corrected chi connectivity index (χ0v) is 14.9. The number of benzene rings is 2. The normalized spacial score (nSPS) is 16.8. The highest BCUT2D eigenvalue weighted by atomic mass is 35.5. The van der Waals surface area contributed by atoms with Crippen molar-refractivity contribution in [2.24, 2.45) is 5.10 Å². The third-order valence-electron chi connectivity index (χ3n) is 4.21. The SMILES string of the molecule is O=C(c1cccs1)N1N=C(c2ccccc2)CC1c1ccc(Cl)cc1.